The van der Waals surface area contributed by atoms with Gasteiger partial charge in [-0.2, -0.15) is 0 Å². The maximum Gasteiger partial charge on any atom is 0.319 e. The van der Waals surface area contributed by atoms with Crippen LogP contribution >= 0.6 is 11.6 Å². The molecule has 1 aromatic carbocycles. The highest BCUT2D eigenvalue weighted by atomic mass is 35.5. The SMILES string of the molecule is CC(CCO)CNC(=O)Nc1ccc(N2CCCC2)c(Cl)c1. The lowest BCUT2D eigenvalue weighted by atomic mass is 10.1. The number of carbonyl (C=O) groups is 1. The number of hydrogen-bond acceptors (Lipinski definition) is 3. The molecule has 0 aliphatic carbocycles. The van der Waals surface area contributed by atoms with Crippen molar-refractivity contribution >= 4 is 29.0 Å². The largest absolute Gasteiger partial charge is 0.396 e. The second kappa shape index (κ2) is 8.25. The third-order valence-electron chi connectivity index (χ3n) is 3.89. The zero-order valence-electron chi connectivity index (χ0n) is 12.9. The average molecular weight is 326 g/mol. The van der Waals surface area contributed by atoms with Crippen LogP contribution in [0.1, 0.15) is 26.2 Å². The minimum Gasteiger partial charge on any atom is -0.396 e. The van der Waals surface area contributed by atoms with E-state index in [9.17, 15) is 4.79 Å². The monoisotopic (exact) mass is 325 g/mol. The third kappa shape index (κ3) is 4.78. The zero-order chi connectivity index (χ0) is 15.9. The van der Waals surface area contributed by atoms with Crippen LogP contribution < -0.4 is 15.5 Å². The van der Waals surface area contributed by atoms with Crippen molar-refractivity contribution in [2.75, 3.05) is 36.5 Å². The molecule has 0 saturated carbocycles. The van der Waals surface area contributed by atoms with E-state index in [0.29, 0.717) is 23.7 Å². The highest BCUT2D eigenvalue weighted by Gasteiger charge is 2.15. The Balaban J connectivity index is 1.87. The molecule has 0 bridgehead atoms. The fourth-order valence-corrected chi connectivity index (χ4v) is 2.86. The number of nitrogens with one attached hydrogen (secondary N) is 2. The van der Waals surface area contributed by atoms with E-state index in [0.717, 1.165) is 18.8 Å². The molecule has 5 nitrogen and oxygen atoms in total. The number of halogens is 1. The van der Waals surface area contributed by atoms with Crippen molar-refractivity contribution in [3.8, 4) is 0 Å². The van der Waals surface area contributed by atoms with Crippen LogP contribution in [-0.2, 0) is 0 Å². The summed E-state index contributed by atoms with van der Waals surface area (Å²) in [4.78, 5) is 14.1. The quantitative estimate of drug-likeness (QED) is 0.753. The standard InChI is InChI=1S/C16H24ClN3O2/c1-12(6-9-21)11-18-16(22)19-13-4-5-15(14(17)10-13)20-7-2-3-8-20/h4-5,10,12,21H,2-3,6-9,11H2,1H3,(H2,18,19,22). The van der Waals surface area contributed by atoms with Crippen LogP contribution in [0.2, 0.25) is 5.02 Å². The van der Waals surface area contributed by atoms with Gasteiger partial charge in [-0.1, -0.05) is 18.5 Å². The summed E-state index contributed by atoms with van der Waals surface area (Å²) in [7, 11) is 0. The highest BCUT2D eigenvalue weighted by Crippen LogP contribution is 2.31. The molecule has 0 radical (unpaired) electrons. The average Bonchev–Trinajstić information content (AvgIpc) is 2.99. The molecule has 1 unspecified atom stereocenters. The topological polar surface area (TPSA) is 64.6 Å². The molecule has 1 aliphatic heterocycles. The molecule has 22 heavy (non-hydrogen) atoms. The molecule has 2 rings (SSSR count). The Bertz CT molecular complexity index is 504. The molecule has 0 aromatic heterocycles. The summed E-state index contributed by atoms with van der Waals surface area (Å²) in [6, 6.07) is 5.36. The number of amides is 2. The van der Waals surface area contributed by atoms with Crippen molar-refractivity contribution < 1.29 is 9.90 Å². The number of nitrogens with zero attached hydrogens (tertiary/aromatic N) is 1. The van der Waals surface area contributed by atoms with Crippen LogP contribution in [0.4, 0.5) is 16.2 Å². The molecular weight excluding hydrogens is 302 g/mol. The Kier molecular flexibility index (Phi) is 6.34. The number of hydrogen-bond donors (Lipinski definition) is 3. The van der Waals surface area contributed by atoms with Gasteiger partial charge >= 0.3 is 6.03 Å². The van der Waals surface area contributed by atoms with Crippen LogP contribution in [0.5, 0.6) is 0 Å². The highest BCUT2D eigenvalue weighted by molar-refractivity contribution is 6.33. The van der Waals surface area contributed by atoms with Crippen LogP contribution in [0.25, 0.3) is 0 Å². The van der Waals surface area contributed by atoms with E-state index in [4.69, 9.17) is 16.7 Å². The molecule has 0 spiro atoms. The lowest BCUT2D eigenvalue weighted by Crippen LogP contribution is -2.32. The number of carbonyl (C=O) groups excluding carboxylic acids is 1. The van der Waals surface area contributed by atoms with Gasteiger partial charge in [0.25, 0.3) is 0 Å². The van der Waals surface area contributed by atoms with Gasteiger partial charge in [-0.05, 0) is 43.4 Å². The summed E-state index contributed by atoms with van der Waals surface area (Å²) in [5, 5.41) is 15.1. The van der Waals surface area contributed by atoms with Crippen molar-refractivity contribution in [1.82, 2.24) is 5.32 Å². The minimum atomic E-state index is -0.255. The van der Waals surface area contributed by atoms with Gasteiger partial charge in [0.15, 0.2) is 0 Å². The summed E-state index contributed by atoms with van der Waals surface area (Å²) in [5.74, 6) is 0.247. The third-order valence-corrected chi connectivity index (χ3v) is 4.19. The molecule has 2 amide bonds. The van der Waals surface area contributed by atoms with Gasteiger partial charge in [-0.3, -0.25) is 0 Å². The van der Waals surface area contributed by atoms with Gasteiger partial charge in [0.1, 0.15) is 0 Å². The second-order valence-electron chi connectivity index (χ2n) is 5.81. The zero-order valence-corrected chi connectivity index (χ0v) is 13.7. The molecular formula is C16H24ClN3O2. The van der Waals surface area contributed by atoms with Gasteiger partial charge in [0.05, 0.1) is 10.7 Å². The summed E-state index contributed by atoms with van der Waals surface area (Å²) < 4.78 is 0. The Morgan fingerprint density at radius 2 is 2.14 bits per heavy atom. The number of urea groups is 1. The number of anilines is 2. The molecule has 6 heteroatoms. The van der Waals surface area contributed by atoms with Crippen molar-refractivity contribution in [3.05, 3.63) is 23.2 Å². The molecule has 1 saturated heterocycles. The molecule has 122 valence electrons. The molecule has 3 N–H and O–H groups in total. The summed E-state index contributed by atoms with van der Waals surface area (Å²) >= 11 is 6.32. The first-order chi connectivity index (χ1) is 10.6. The summed E-state index contributed by atoms with van der Waals surface area (Å²) in [6.45, 7) is 4.73. The smallest absolute Gasteiger partial charge is 0.319 e. The van der Waals surface area contributed by atoms with Gasteiger partial charge in [-0.25, -0.2) is 4.79 Å². The maximum atomic E-state index is 11.8. The van der Waals surface area contributed by atoms with Crippen molar-refractivity contribution in [2.45, 2.75) is 26.2 Å². The van der Waals surface area contributed by atoms with E-state index in [-0.39, 0.29) is 18.6 Å². The Morgan fingerprint density at radius 3 is 2.77 bits per heavy atom. The fraction of sp³-hybridized carbons (Fsp3) is 0.562. The first-order valence-corrected chi connectivity index (χ1v) is 8.18. The van der Waals surface area contributed by atoms with Crippen molar-refractivity contribution in [1.29, 1.82) is 0 Å². The minimum absolute atomic E-state index is 0.137. The van der Waals surface area contributed by atoms with Gasteiger partial charge in [0, 0.05) is 31.9 Å². The molecule has 1 aliphatic rings. The van der Waals surface area contributed by atoms with Crippen LogP contribution in [0, 0.1) is 5.92 Å². The van der Waals surface area contributed by atoms with Crippen molar-refractivity contribution in [2.24, 2.45) is 5.92 Å². The lowest BCUT2D eigenvalue weighted by Gasteiger charge is -2.19. The fourth-order valence-electron chi connectivity index (χ4n) is 2.56. The molecule has 1 aromatic rings. The second-order valence-corrected chi connectivity index (χ2v) is 6.22. The van der Waals surface area contributed by atoms with Gasteiger partial charge < -0.3 is 20.6 Å². The summed E-state index contributed by atoms with van der Waals surface area (Å²) in [5.41, 5.74) is 1.71. The maximum absolute atomic E-state index is 11.8. The van der Waals surface area contributed by atoms with Gasteiger partial charge in [0.2, 0.25) is 0 Å². The van der Waals surface area contributed by atoms with Gasteiger partial charge in [-0.15, -0.1) is 0 Å². The normalized spacial score (nSPS) is 15.7. The van der Waals surface area contributed by atoms with E-state index >= 15 is 0 Å². The lowest BCUT2D eigenvalue weighted by molar-refractivity contribution is 0.243. The summed E-state index contributed by atoms with van der Waals surface area (Å²) in [6.07, 6.45) is 3.08. The van der Waals surface area contributed by atoms with E-state index in [2.05, 4.69) is 15.5 Å². The van der Waals surface area contributed by atoms with E-state index in [1.165, 1.54) is 12.8 Å². The predicted octanol–water partition coefficient (Wildman–Crippen LogP) is 3.08. The Morgan fingerprint density at radius 1 is 1.41 bits per heavy atom. The Labute approximate surface area is 136 Å². The van der Waals surface area contributed by atoms with E-state index < -0.39 is 0 Å². The van der Waals surface area contributed by atoms with Crippen molar-refractivity contribution in [3.63, 3.8) is 0 Å². The number of benzene rings is 1. The number of rotatable bonds is 6. The number of aliphatic hydroxyl groups is 1. The van der Waals surface area contributed by atoms with Crippen LogP contribution in [0.15, 0.2) is 18.2 Å². The predicted molar refractivity (Wildman–Crippen MR) is 90.8 cm³/mol. The Hall–Kier alpha value is -1.46. The van der Waals surface area contributed by atoms with E-state index in [1.807, 2.05) is 19.1 Å². The molecule has 1 atom stereocenters. The molecule has 1 fully saturated rings. The van der Waals surface area contributed by atoms with Crippen LogP contribution in [-0.4, -0.2) is 37.4 Å². The molecule has 1 heterocycles. The van der Waals surface area contributed by atoms with Crippen LogP contribution in [0.3, 0.4) is 0 Å². The first kappa shape index (κ1) is 16.9. The first-order valence-electron chi connectivity index (χ1n) is 7.80. The number of aliphatic hydroxyl groups excluding tert-OH is 1. The van der Waals surface area contributed by atoms with E-state index in [1.54, 1.807) is 6.07 Å².